The Kier molecular flexibility index (Phi) is 5.77. The number of aromatic nitrogens is 4. The van der Waals surface area contributed by atoms with Gasteiger partial charge in [0.05, 0.1) is 5.69 Å². The molecule has 3 aromatic heterocycles. The zero-order valence-corrected chi connectivity index (χ0v) is 15.3. The van der Waals surface area contributed by atoms with Crippen molar-refractivity contribution in [3.05, 3.63) is 46.5 Å². The smallest absolute Gasteiger partial charge is 0.258 e. The summed E-state index contributed by atoms with van der Waals surface area (Å²) >= 11 is 2.76. The summed E-state index contributed by atoms with van der Waals surface area (Å²) in [6.07, 6.45) is 4.02. The summed E-state index contributed by atoms with van der Waals surface area (Å²) in [7, 11) is 0. The van der Waals surface area contributed by atoms with Crippen LogP contribution in [0, 0.1) is 0 Å². The molecule has 7 nitrogen and oxygen atoms in total. The fraction of sp³-hybridized carbons (Fsp3) is 0.312. The third-order valence-corrected chi connectivity index (χ3v) is 5.38. The van der Waals surface area contributed by atoms with Crippen molar-refractivity contribution in [2.75, 3.05) is 5.32 Å². The topological polar surface area (TPSA) is 89.2 Å². The number of hydrogen-bond donors (Lipinski definition) is 1. The highest BCUT2D eigenvalue weighted by Gasteiger charge is 2.09. The number of pyridine rings is 1. The molecule has 1 N–H and O–H groups in total. The van der Waals surface area contributed by atoms with Gasteiger partial charge in [-0.15, -0.1) is 10.2 Å². The second-order valence-corrected chi connectivity index (χ2v) is 7.53. The lowest BCUT2D eigenvalue weighted by molar-refractivity contribution is -0.116. The molecule has 3 aromatic rings. The fourth-order valence-corrected chi connectivity index (χ4v) is 3.81. The molecule has 0 aliphatic heterocycles. The number of amides is 1. The Balaban J connectivity index is 1.62. The standard InChI is InChI=1S/C16H17N5O2S2/c1-2-3-7-13(22)18-15-19-20-16(25-15)24-10-11-9-14(23)21-8-5-4-6-12(21)17-11/h4-6,8-9H,2-3,7,10H2,1H3,(H,18,19,22). The number of carbonyl (C=O) groups is 1. The van der Waals surface area contributed by atoms with Gasteiger partial charge in [-0.1, -0.05) is 42.5 Å². The molecule has 3 rings (SSSR count). The van der Waals surface area contributed by atoms with E-state index in [0.29, 0.717) is 28.6 Å². The zero-order valence-electron chi connectivity index (χ0n) is 13.6. The Morgan fingerprint density at radius 2 is 2.24 bits per heavy atom. The number of carbonyl (C=O) groups excluding carboxylic acids is 1. The number of nitrogens with one attached hydrogen (secondary N) is 1. The Labute approximate surface area is 152 Å². The van der Waals surface area contributed by atoms with E-state index in [1.165, 1.54) is 33.6 Å². The number of rotatable bonds is 7. The first-order chi connectivity index (χ1) is 12.2. The van der Waals surface area contributed by atoms with Gasteiger partial charge in [0, 0.05) is 24.4 Å². The van der Waals surface area contributed by atoms with E-state index in [1.807, 2.05) is 13.0 Å². The van der Waals surface area contributed by atoms with Crippen LogP contribution in [0.2, 0.25) is 0 Å². The van der Waals surface area contributed by atoms with Crippen molar-refractivity contribution in [3.8, 4) is 0 Å². The monoisotopic (exact) mass is 375 g/mol. The summed E-state index contributed by atoms with van der Waals surface area (Å²) in [5, 5.41) is 11.3. The van der Waals surface area contributed by atoms with E-state index in [2.05, 4.69) is 20.5 Å². The van der Waals surface area contributed by atoms with Gasteiger partial charge in [-0.25, -0.2) is 4.98 Å². The third-order valence-electron chi connectivity index (χ3n) is 3.38. The van der Waals surface area contributed by atoms with Crippen molar-refractivity contribution in [3.63, 3.8) is 0 Å². The summed E-state index contributed by atoms with van der Waals surface area (Å²) in [4.78, 5) is 28.2. The minimum atomic E-state index is -0.109. The van der Waals surface area contributed by atoms with Crippen LogP contribution in [-0.2, 0) is 10.5 Å². The normalized spacial score (nSPS) is 10.9. The molecule has 0 radical (unpaired) electrons. The van der Waals surface area contributed by atoms with E-state index in [9.17, 15) is 9.59 Å². The lowest BCUT2D eigenvalue weighted by Gasteiger charge is -2.02. The summed E-state index contributed by atoms with van der Waals surface area (Å²) in [5.41, 5.74) is 1.19. The van der Waals surface area contributed by atoms with Gasteiger partial charge in [0.15, 0.2) is 4.34 Å². The predicted octanol–water partition coefficient (Wildman–Crippen LogP) is 2.97. The summed E-state index contributed by atoms with van der Waals surface area (Å²) in [5.74, 6) is 0.470. The molecule has 0 aliphatic rings. The molecule has 0 fully saturated rings. The van der Waals surface area contributed by atoms with E-state index in [-0.39, 0.29) is 11.5 Å². The number of hydrogen-bond acceptors (Lipinski definition) is 7. The van der Waals surface area contributed by atoms with Crippen LogP contribution in [0.25, 0.3) is 5.65 Å². The maximum atomic E-state index is 12.1. The molecule has 0 saturated heterocycles. The maximum Gasteiger partial charge on any atom is 0.258 e. The highest BCUT2D eigenvalue weighted by Crippen LogP contribution is 2.27. The van der Waals surface area contributed by atoms with Crippen LogP contribution in [-0.4, -0.2) is 25.5 Å². The molecule has 0 bridgehead atoms. The molecule has 0 aromatic carbocycles. The van der Waals surface area contributed by atoms with Crippen LogP contribution in [0.5, 0.6) is 0 Å². The first-order valence-electron chi connectivity index (χ1n) is 7.89. The quantitative estimate of drug-likeness (QED) is 0.504. The molecule has 9 heteroatoms. The van der Waals surface area contributed by atoms with Crippen molar-refractivity contribution in [2.45, 2.75) is 36.3 Å². The Bertz CT molecular complexity index is 937. The number of nitrogens with zero attached hydrogens (tertiary/aromatic N) is 4. The minimum absolute atomic E-state index is 0.0428. The van der Waals surface area contributed by atoms with Crippen LogP contribution in [0.15, 0.2) is 39.6 Å². The molecule has 0 saturated carbocycles. The lowest BCUT2D eigenvalue weighted by atomic mass is 10.2. The van der Waals surface area contributed by atoms with Gasteiger partial charge in [-0.3, -0.25) is 14.0 Å². The lowest BCUT2D eigenvalue weighted by Crippen LogP contribution is -2.14. The average molecular weight is 375 g/mol. The van der Waals surface area contributed by atoms with Crippen LogP contribution in [0.3, 0.4) is 0 Å². The Morgan fingerprint density at radius 3 is 3.08 bits per heavy atom. The highest BCUT2D eigenvalue weighted by atomic mass is 32.2. The van der Waals surface area contributed by atoms with Crippen molar-refractivity contribution in [2.24, 2.45) is 0 Å². The minimum Gasteiger partial charge on any atom is -0.301 e. The fourth-order valence-electron chi connectivity index (χ4n) is 2.15. The largest absolute Gasteiger partial charge is 0.301 e. The van der Waals surface area contributed by atoms with Crippen LogP contribution < -0.4 is 10.9 Å². The number of thioether (sulfide) groups is 1. The number of fused-ring (bicyclic) bond motifs is 1. The van der Waals surface area contributed by atoms with E-state index < -0.39 is 0 Å². The van der Waals surface area contributed by atoms with Gasteiger partial charge in [0.1, 0.15) is 5.65 Å². The van der Waals surface area contributed by atoms with E-state index >= 15 is 0 Å². The molecular formula is C16H17N5O2S2. The molecule has 1 amide bonds. The van der Waals surface area contributed by atoms with Gasteiger partial charge in [-0.2, -0.15) is 0 Å². The SMILES string of the molecule is CCCCC(=O)Nc1nnc(SCc2cc(=O)n3ccccc3n2)s1. The van der Waals surface area contributed by atoms with Gasteiger partial charge in [0.25, 0.3) is 5.56 Å². The highest BCUT2D eigenvalue weighted by molar-refractivity contribution is 8.00. The molecular weight excluding hydrogens is 358 g/mol. The van der Waals surface area contributed by atoms with Crippen molar-refractivity contribution >= 4 is 39.8 Å². The van der Waals surface area contributed by atoms with Crippen LogP contribution in [0.4, 0.5) is 5.13 Å². The molecule has 0 aliphatic carbocycles. The maximum absolute atomic E-state index is 12.1. The second kappa shape index (κ2) is 8.21. The molecule has 0 spiro atoms. The van der Waals surface area contributed by atoms with Crippen LogP contribution in [0.1, 0.15) is 31.9 Å². The molecule has 0 atom stereocenters. The first-order valence-corrected chi connectivity index (χ1v) is 9.69. The number of anilines is 1. The zero-order chi connectivity index (χ0) is 17.6. The van der Waals surface area contributed by atoms with Crippen molar-refractivity contribution in [1.29, 1.82) is 0 Å². The van der Waals surface area contributed by atoms with E-state index in [4.69, 9.17) is 0 Å². The summed E-state index contributed by atoms with van der Waals surface area (Å²) in [6, 6.07) is 6.96. The molecule has 0 unspecified atom stereocenters. The molecule has 130 valence electrons. The average Bonchev–Trinajstić information content (AvgIpc) is 3.05. The van der Waals surface area contributed by atoms with Gasteiger partial charge in [0.2, 0.25) is 11.0 Å². The van der Waals surface area contributed by atoms with E-state index in [1.54, 1.807) is 18.3 Å². The van der Waals surface area contributed by atoms with E-state index in [0.717, 1.165) is 17.2 Å². The second-order valence-electron chi connectivity index (χ2n) is 5.33. The Morgan fingerprint density at radius 1 is 1.36 bits per heavy atom. The molecule has 3 heterocycles. The Hall–Kier alpha value is -2.26. The predicted molar refractivity (Wildman–Crippen MR) is 99.1 cm³/mol. The third kappa shape index (κ3) is 4.64. The first kappa shape index (κ1) is 17.6. The van der Waals surface area contributed by atoms with Crippen molar-refractivity contribution in [1.82, 2.24) is 19.6 Å². The van der Waals surface area contributed by atoms with Gasteiger partial charge in [-0.05, 0) is 18.6 Å². The van der Waals surface area contributed by atoms with Crippen LogP contribution >= 0.6 is 23.1 Å². The van der Waals surface area contributed by atoms with Crippen molar-refractivity contribution < 1.29 is 4.79 Å². The van der Waals surface area contributed by atoms with Gasteiger partial charge < -0.3 is 5.32 Å². The van der Waals surface area contributed by atoms with Gasteiger partial charge >= 0.3 is 0 Å². The summed E-state index contributed by atoms with van der Waals surface area (Å²) < 4.78 is 2.23. The summed E-state index contributed by atoms with van der Waals surface area (Å²) in [6.45, 7) is 2.04. The molecule has 25 heavy (non-hydrogen) atoms. The number of unbranched alkanes of at least 4 members (excludes halogenated alkanes) is 1.